The summed E-state index contributed by atoms with van der Waals surface area (Å²) in [6.45, 7) is 7.44. The Morgan fingerprint density at radius 3 is 2.56 bits per heavy atom. The summed E-state index contributed by atoms with van der Waals surface area (Å²) < 4.78 is 0. The number of nitrogen functional groups attached to an aromatic ring is 1. The lowest BCUT2D eigenvalue weighted by Gasteiger charge is -2.07. The van der Waals surface area contributed by atoms with Crippen molar-refractivity contribution in [2.75, 3.05) is 17.6 Å². The lowest BCUT2D eigenvalue weighted by Crippen LogP contribution is -2.06. The van der Waals surface area contributed by atoms with Gasteiger partial charge in [-0.25, -0.2) is 4.98 Å². The summed E-state index contributed by atoms with van der Waals surface area (Å²) >= 11 is 0. The number of rotatable bonds is 8. The van der Waals surface area contributed by atoms with E-state index in [0.717, 1.165) is 24.0 Å². The van der Waals surface area contributed by atoms with Crippen molar-refractivity contribution in [2.24, 2.45) is 5.92 Å². The number of nitrogens with two attached hydrogens (primary N) is 1. The minimum absolute atomic E-state index is 0.342. The Kier molecular flexibility index (Phi) is 6.47. The van der Waals surface area contributed by atoms with Gasteiger partial charge >= 0.3 is 0 Å². The fourth-order valence-electron chi connectivity index (χ4n) is 1.93. The number of aromatic nitrogens is 2. The van der Waals surface area contributed by atoms with Gasteiger partial charge in [-0.2, -0.15) is 4.98 Å². The molecule has 1 rings (SSSR count). The lowest BCUT2D eigenvalue weighted by atomic mass is 10.0. The minimum atomic E-state index is 0.342. The summed E-state index contributed by atoms with van der Waals surface area (Å²) in [5.41, 5.74) is 6.50. The number of nitrogens with zero attached hydrogens (tertiary/aromatic N) is 2. The van der Waals surface area contributed by atoms with Gasteiger partial charge in [0, 0.05) is 18.3 Å². The van der Waals surface area contributed by atoms with Crippen LogP contribution in [0.4, 0.5) is 11.8 Å². The monoisotopic (exact) mass is 250 g/mol. The van der Waals surface area contributed by atoms with Crippen LogP contribution in [0.1, 0.15) is 51.6 Å². The van der Waals surface area contributed by atoms with Crippen molar-refractivity contribution in [3.8, 4) is 0 Å². The van der Waals surface area contributed by atoms with Crippen LogP contribution >= 0.6 is 0 Å². The predicted molar refractivity (Wildman–Crippen MR) is 77.6 cm³/mol. The molecule has 1 heterocycles. The molecule has 0 saturated heterocycles. The average Bonchev–Trinajstić information content (AvgIpc) is 2.26. The largest absolute Gasteiger partial charge is 0.370 e. The van der Waals surface area contributed by atoms with Gasteiger partial charge in [-0.15, -0.1) is 0 Å². The molecule has 0 saturated carbocycles. The molecule has 4 nitrogen and oxygen atoms in total. The fraction of sp³-hybridized carbons (Fsp3) is 0.714. The maximum atomic E-state index is 5.60. The lowest BCUT2D eigenvalue weighted by molar-refractivity contribution is 0.523. The molecule has 0 aliphatic rings. The number of nitrogens with one attached hydrogen (secondary N) is 1. The van der Waals surface area contributed by atoms with Gasteiger partial charge in [0.2, 0.25) is 5.95 Å². The zero-order chi connectivity index (χ0) is 13.4. The molecular weight excluding hydrogens is 224 g/mol. The second-order valence-corrected chi connectivity index (χ2v) is 5.28. The van der Waals surface area contributed by atoms with Crippen molar-refractivity contribution in [1.29, 1.82) is 0 Å². The van der Waals surface area contributed by atoms with Crippen molar-refractivity contribution < 1.29 is 0 Å². The van der Waals surface area contributed by atoms with Crippen LogP contribution in [0.2, 0.25) is 0 Å². The number of aryl methyl sites for hydroxylation is 1. The Morgan fingerprint density at radius 1 is 1.17 bits per heavy atom. The topological polar surface area (TPSA) is 63.8 Å². The SMILES string of the molecule is Cc1cc(NCCCCCCC(C)C)nc(N)n1. The standard InChI is InChI=1S/C14H26N4/c1-11(2)8-6-4-5-7-9-16-13-10-12(3)17-14(15)18-13/h10-11H,4-9H2,1-3H3,(H3,15,16,17,18). The van der Waals surface area contributed by atoms with E-state index in [1.54, 1.807) is 0 Å². The van der Waals surface area contributed by atoms with E-state index in [9.17, 15) is 0 Å². The molecule has 0 unspecified atom stereocenters. The third-order valence-electron chi connectivity index (χ3n) is 2.89. The van der Waals surface area contributed by atoms with E-state index >= 15 is 0 Å². The Hall–Kier alpha value is -1.32. The molecule has 102 valence electrons. The van der Waals surface area contributed by atoms with Gasteiger partial charge < -0.3 is 11.1 Å². The first kappa shape index (κ1) is 14.7. The highest BCUT2D eigenvalue weighted by molar-refractivity contribution is 5.39. The Labute approximate surface area is 110 Å². The van der Waals surface area contributed by atoms with Crippen LogP contribution < -0.4 is 11.1 Å². The van der Waals surface area contributed by atoms with Gasteiger partial charge in [0.25, 0.3) is 0 Å². The molecule has 1 aromatic heterocycles. The maximum Gasteiger partial charge on any atom is 0.222 e. The van der Waals surface area contributed by atoms with Gasteiger partial charge in [0.15, 0.2) is 0 Å². The van der Waals surface area contributed by atoms with Crippen molar-refractivity contribution >= 4 is 11.8 Å². The van der Waals surface area contributed by atoms with Gasteiger partial charge in [-0.3, -0.25) is 0 Å². The van der Waals surface area contributed by atoms with Crippen molar-refractivity contribution in [1.82, 2.24) is 9.97 Å². The highest BCUT2D eigenvalue weighted by Gasteiger charge is 1.98. The minimum Gasteiger partial charge on any atom is -0.370 e. The first-order chi connectivity index (χ1) is 8.58. The summed E-state index contributed by atoms with van der Waals surface area (Å²) in [5, 5.41) is 3.29. The van der Waals surface area contributed by atoms with E-state index in [1.165, 1.54) is 32.1 Å². The first-order valence-electron chi connectivity index (χ1n) is 6.93. The van der Waals surface area contributed by atoms with Crippen LogP contribution in [0.15, 0.2) is 6.07 Å². The first-order valence-corrected chi connectivity index (χ1v) is 6.93. The molecule has 0 amide bonds. The van der Waals surface area contributed by atoms with E-state index in [4.69, 9.17) is 5.73 Å². The number of hydrogen-bond acceptors (Lipinski definition) is 4. The molecule has 0 spiro atoms. The number of hydrogen-bond donors (Lipinski definition) is 2. The van der Waals surface area contributed by atoms with Crippen molar-refractivity contribution in [3.05, 3.63) is 11.8 Å². The van der Waals surface area contributed by atoms with Crippen LogP contribution in [-0.2, 0) is 0 Å². The van der Waals surface area contributed by atoms with Crippen molar-refractivity contribution in [3.63, 3.8) is 0 Å². The van der Waals surface area contributed by atoms with E-state index in [0.29, 0.717) is 5.95 Å². The predicted octanol–water partition coefficient (Wildman–Crippen LogP) is 3.39. The fourth-order valence-corrected chi connectivity index (χ4v) is 1.93. The molecule has 0 aromatic carbocycles. The van der Waals surface area contributed by atoms with Crippen LogP contribution in [0.25, 0.3) is 0 Å². The van der Waals surface area contributed by atoms with Gasteiger partial charge in [0.1, 0.15) is 5.82 Å². The smallest absolute Gasteiger partial charge is 0.222 e. The van der Waals surface area contributed by atoms with E-state index < -0.39 is 0 Å². The van der Waals surface area contributed by atoms with Gasteiger partial charge in [-0.1, -0.05) is 39.5 Å². The average molecular weight is 250 g/mol. The molecule has 4 heteroatoms. The van der Waals surface area contributed by atoms with E-state index in [2.05, 4.69) is 29.1 Å². The molecular formula is C14H26N4. The molecule has 18 heavy (non-hydrogen) atoms. The Morgan fingerprint density at radius 2 is 1.89 bits per heavy atom. The Bertz CT molecular complexity index is 329. The summed E-state index contributed by atoms with van der Waals surface area (Å²) in [6, 6.07) is 1.93. The molecule has 0 fully saturated rings. The maximum absolute atomic E-state index is 5.60. The zero-order valence-electron chi connectivity index (χ0n) is 11.9. The van der Waals surface area contributed by atoms with E-state index in [1.807, 2.05) is 13.0 Å². The number of unbranched alkanes of at least 4 members (excludes halogenated alkanes) is 3. The summed E-state index contributed by atoms with van der Waals surface area (Å²) in [6.07, 6.45) is 6.47. The van der Waals surface area contributed by atoms with Crippen molar-refractivity contribution in [2.45, 2.75) is 52.9 Å². The van der Waals surface area contributed by atoms with Gasteiger partial charge in [-0.05, 0) is 19.3 Å². The molecule has 0 bridgehead atoms. The normalized spacial score (nSPS) is 10.9. The van der Waals surface area contributed by atoms with Gasteiger partial charge in [0.05, 0.1) is 0 Å². The second kappa shape index (κ2) is 7.90. The highest BCUT2D eigenvalue weighted by atomic mass is 15.1. The summed E-state index contributed by atoms with van der Waals surface area (Å²) in [5.74, 6) is 2.01. The molecule has 0 atom stereocenters. The molecule has 0 aliphatic heterocycles. The third kappa shape index (κ3) is 6.42. The molecule has 0 radical (unpaired) electrons. The second-order valence-electron chi connectivity index (χ2n) is 5.28. The van der Waals surface area contributed by atoms with Crippen LogP contribution in [-0.4, -0.2) is 16.5 Å². The van der Waals surface area contributed by atoms with Crippen LogP contribution in [0, 0.1) is 12.8 Å². The Balaban J connectivity index is 2.10. The molecule has 3 N–H and O–H groups in total. The summed E-state index contributed by atoms with van der Waals surface area (Å²) in [7, 11) is 0. The summed E-state index contributed by atoms with van der Waals surface area (Å²) in [4.78, 5) is 8.19. The zero-order valence-corrected chi connectivity index (χ0v) is 11.9. The van der Waals surface area contributed by atoms with Crippen LogP contribution in [0.5, 0.6) is 0 Å². The molecule has 0 aliphatic carbocycles. The van der Waals surface area contributed by atoms with Crippen LogP contribution in [0.3, 0.4) is 0 Å². The molecule has 1 aromatic rings. The third-order valence-corrected chi connectivity index (χ3v) is 2.89. The number of anilines is 2. The highest BCUT2D eigenvalue weighted by Crippen LogP contribution is 2.10. The quantitative estimate of drug-likeness (QED) is 0.694. The van der Waals surface area contributed by atoms with E-state index in [-0.39, 0.29) is 0 Å².